The highest BCUT2D eigenvalue weighted by Crippen LogP contribution is 2.22. The molecule has 150 valence electrons. The van der Waals surface area contributed by atoms with Crippen molar-refractivity contribution in [3.8, 4) is 11.4 Å². The highest BCUT2D eigenvalue weighted by atomic mass is 32.2. The van der Waals surface area contributed by atoms with E-state index in [1.165, 1.54) is 42.5 Å². The van der Waals surface area contributed by atoms with E-state index in [0.29, 0.717) is 22.8 Å². The van der Waals surface area contributed by atoms with Gasteiger partial charge in [-0.15, -0.1) is 16.4 Å². The number of hydrogen-bond donors (Lipinski definition) is 1. The Hall–Kier alpha value is -2.69. The Labute approximate surface area is 169 Å². The highest BCUT2D eigenvalue weighted by Gasteiger charge is 2.16. The standard InChI is InChI=1S/C19H16F2N4O2S2/c1-12-9-16(5-6-17(12)21)29(26,27)22-8-7-15-11-28-19-23-18(24-25(15)19)13-3-2-4-14(20)10-13/h2-6,9-11,22H,7-8H2,1H3. The zero-order valence-corrected chi connectivity index (χ0v) is 16.9. The van der Waals surface area contributed by atoms with E-state index in [1.54, 1.807) is 16.6 Å². The van der Waals surface area contributed by atoms with Crippen LogP contribution in [0.1, 0.15) is 11.3 Å². The quantitative estimate of drug-likeness (QED) is 0.503. The fourth-order valence-corrected chi connectivity index (χ4v) is 4.80. The fourth-order valence-electron chi connectivity index (χ4n) is 2.83. The Kier molecular flexibility index (Phi) is 5.15. The molecule has 0 atom stereocenters. The van der Waals surface area contributed by atoms with Crippen LogP contribution in [0.25, 0.3) is 16.3 Å². The molecule has 0 amide bonds. The van der Waals surface area contributed by atoms with Gasteiger partial charge in [0.05, 0.1) is 10.6 Å². The molecule has 29 heavy (non-hydrogen) atoms. The lowest BCUT2D eigenvalue weighted by atomic mass is 10.2. The van der Waals surface area contributed by atoms with E-state index in [1.807, 2.05) is 5.38 Å². The number of aromatic nitrogens is 3. The zero-order valence-electron chi connectivity index (χ0n) is 15.3. The largest absolute Gasteiger partial charge is 0.240 e. The number of thiazole rings is 1. The Balaban J connectivity index is 1.49. The average Bonchev–Trinajstić information content (AvgIpc) is 3.25. The number of nitrogens with zero attached hydrogens (tertiary/aromatic N) is 3. The minimum atomic E-state index is -3.75. The maximum atomic E-state index is 13.4. The first-order chi connectivity index (χ1) is 13.8. The molecular formula is C19H16F2N4O2S2. The molecule has 10 heteroatoms. The first kappa shape index (κ1) is 19.6. The minimum absolute atomic E-state index is 0.0148. The number of aryl methyl sites for hydroxylation is 1. The predicted molar refractivity (Wildman–Crippen MR) is 106 cm³/mol. The van der Waals surface area contributed by atoms with E-state index in [0.717, 1.165) is 11.8 Å². The molecule has 2 heterocycles. The van der Waals surface area contributed by atoms with E-state index in [2.05, 4.69) is 14.8 Å². The number of rotatable bonds is 6. The Bertz CT molecular complexity index is 1300. The summed E-state index contributed by atoms with van der Waals surface area (Å²) in [6, 6.07) is 9.68. The Morgan fingerprint density at radius 1 is 1.17 bits per heavy atom. The number of hydrogen-bond acceptors (Lipinski definition) is 5. The van der Waals surface area contributed by atoms with Gasteiger partial charge < -0.3 is 0 Å². The summed E-state index contributed by atoms with van der Waals surface area (Å²) < 4.78 is 55.8. The van der Waals surface area contributed by atoms with Crippen LogP contribution in [-0.2, 0) is 16.4 Å². The molecule has 0 saturated carbocycles. The molecule has 1 N–H and O–H groups in total. The van der Waals surface area contributed by atoms with Crippen molar-refractivity contribution < 1.29 is 17.2 Å². The van der Waals surface area contributed by atoms with Gasteiger partial charge in [-0.2, -0.15) is 4.98 Å². The third-order valence-electron chi connectivity index (χ3n) is 4.35. The normalized spacial score (nSPS) is 12.0. The molecule has 0 aliphatic carbocycles. The van der Waals surface area contributed by atoms with Crippen LogP contribution in [0.3, 0.4) is 0 Å². The van der Waals surface area contributed by atoms with Crippen molar-refractivity contribution in [1.29, 1.82) is 0 Å². The summed E-state index contributed by atoms with van der Waals surface area (Å²) in [6.07, 6.45) is 0.380. The van der Waals surface area contributed by atoms with Crippen LogP contribution < -0.4 is 4.72 Å². The van der Waals surface area contributed by atoms with Gasteiger partial charge in [-0.25, -0.2) is 26.4 Å². The lowest BCUT2D eigenvalue weighted by Gasteiger charge is -2.07. The van der Waals surface area contributed by atoms with Gasteiger partial charge in [-0.3, -0.25) is 0 Å². The highest BCUT2D eigenvalue weighted by molar-refractivity contribution is 7.89. The van der Waals surface area contributed by atoms with Crippen molar-refractivity contribution >= 4 is 26.3 Å². The number of halogens is 2. The van der Waals surface area contributed by atoms with Crippen molar-refractivity contribution in [3.63, 3.8) is 0 Å². The van der Waals surface area contributed by atoms with Crippen LogP contribution in [0, 0.1) is 18.6 Å². The molecule has 6 nitrogen and oxygen atoms in total. The molecule has 4 rings (SSSR count). The minimum Gasteiger partial charge on any atom is -0.211 e. The summed E-state index contributed by atoms with van der Waals surface area (Å²) in [6.45, 7) is 1.65. The van der Waals surface area contributed by atoms with Crippen molar-refractivity contribution in [3.05, 3.63) is 70.7 Å². The molecule has 4 aromatic rings. The van der Waals surface area contributed by atoms with Gasteiger partial charge in [-0.05, 0) is 42.8 Å². The van der Waals surface area contributed by atoms with Crippen LogP contribution in [0.4, 0.5) is 8.78 Å². The van der Waals surface area contributed by atoms with Crippen LogP contribution in [-0.4, -0.2) is 29.6 Å². The smallest absolute Gasteiger partial charge is 0.211 e. The third kappa shape index (κ3) is 4.04. The SMILES string of the molecule is Cc1cc(S(=O)(=O)NCCc2csc3nc(-c4cccc(F)c4)nn23)ccc1F. The Morgan fingerprint density at radius 3 is 2.76 bits per heavy atom. The van der Waals surface area contributed by atoms with Gasteiger partial charge in [0, 0.05) is 23.9 Å². The second-order valence-electron chi connectivity index (χ2n) is 6.43. The average molecular weight is 434 g/mol. The lowest BCUT2D eigenvalue weighted by Crippen LogP contribution is -2.26. The topological polar surface area (TPSA) is 76.4 Å². The summed E-state index contributed by atoms with van der Waals surface area (Å²) in [5.41, 5.74) is 1.61. The summed E-state index contributed by atoms with van der Waals surface area (Å²) >= 11 is 1.37. The number of fused-ring (bicyclic) bond motifs is 1. The summed E-state index contributed by atoms with van der Waals surface area (Å²) in [5.74, 6) is -0.420. The first-order valence-electron chi connectivity index (χ1n) is 8.68. The van der Waals surface area contributed by atoms with Gasteiger partial charge in [0.2, 0.25) is 15.0 Å². The van der Waals surface area contributed by atoms with Gasteiger partial charge >= 0.3 is 0 Å². The van der Waals surface area contributed by atoms with Crippen LogP contribution in [0.5, 0.6) is 0 Å². The molecule has 0 aliphatic heterocycles. The zero-order chi connectivity index (χ0) is 20.6. The maximum Gasteiger partial charge on any atom is 0.240 e. The molecule has 0 aliphatic rings. The molecular weight excluding hydrogens is 418 g/mol. The van der Waals surface area contributed by atoms with E-state index >= 15 is 0 Å². The first-order valence-corrected chi connectivity index (χ1v) is 11.0. The van der Waals surface area contributed by atoms with Crippen molar-refractivity contribution in [2.24, 2.45) is 0 Å². The van der Waals surface area contributed by atoms with Gasteiger partial charge in [0.25, 0.3) is 0 Å². The van der Waals surface area contributed by atoms with E-state index < -0.39 is 15.8 Å². The second kappa shape index (κ2) is 7.62. The molecule has 0 unspecified atom stereocenters. The van der Waals surface area contributed by atoms with E-state index in [4.69, 9.17) is 0 Å². The van der Waals surface area contributed by atoms with Crippen LogP contribution in [0.2, 0.25) is 0 Å². The van der Waals surface area contributed by atoms with Crippen molar-refractivity contribution in [1.82, 2.24) is 19.3 Å². The van der Waals surface area contributed by atoms with E-state index in [9.17, 15) is 17.2 Å². The third-order valence-corrected chi connectivity index (χ3v) is 6.67. The fraction of sp³-hybridized carbons (Fsp3) is 0.158. The van der Waals surface area contributed by atoms with Crippen molar-refractivity contribution in [2.45, 2.75) is 18.2 Å². The molecule has 0 saturated heterocycles. The number of benzene rings is 2. The molecule has 2 aromatic carbocycles. The number of nitrogens with one attached hydrogen (secondary N) is 1. The van der Waals surface area contributed by atoms with Crippen LogP contribution in [0.15, 0.2) is 52.7 Å². The molecule has 0 spiro atoms. The molecule has 0 bridgehead atoms. The Morgan fingerprint density at radius 2 is 2.00 bits per heavy atom. The van der Waals surface area contributed by atoms with Gasteiger partial charge in [-0.1, -0.05) is 12.1 Å². The van der Waals surface area contributed by atoms with E-state index in [-0.39, 0.29) is 22.8 Å². The maximum absolute atomic E-state index is 13.4. The predicted octanol–water partition coefficient (Wildman–Crippen LogP) is 3.57. The van der Waals surface area contributed by atoms with Gasteiger partial charge in [0.15, 0.2) is 5.82 Å². The van der Waals surface area contributed by atoms with Crippen molar-refractivity contribution in [2.75, 3.05) is 6.54 Å². The van der Waals surface area contributed by atoms with Crippen LogP contribution >= 0.6 is 11.3 Å². The summed E-state index contributed by atoms with van der Waals surface area (Å²) in [5, 5.41) is 6.26. The molecule has 0 radical (unpaired) electrons. The molecule has 0 fully saturated rings. The number of sulfonamides is 1. The second-order valence-corrected chi connectivity index (χ2v) is 9.03. The van der Waals surface area contributed by atoms with Gasteiger partial charge in [0.1, 0.15) is 11.6 Å². The molecule has 2 aromatic heterocycles. The summed E-state index contributed by atoms with van der Waals surface area (Å²) in [4.78, 5) is 5.05. The lowest BCUT2D eigenvalue weighted by molar-refractivity contribution is 0.579. The monoisotopic (exact) mass is 434 g/mol. The summed E-state index contributed by atoms with van der Waals surface area (Å²) in [7, 11) is -3.75.